The second kappa shape index (κ2) is 7.22. The van der Waals surface area contributed by atoms with E-state index in [-0.39, 0.29) is 12.5 Å². The number of rotatable bonds is 5. The Labute approximate surface area is 134 Å². The number of benzene rings is 1. The van der Waals surface area contributed by atoms with Crippen LogP contribution in [0.4, 0.5) is 5.69 Å². The Morgan fingerprint density at radius 2 is 1.86 bits per heavy atom. The molecule has 0 saturated carbocycles. The van der Waals surface area contributed by atoms with Crippen molar-refractivity contribution in [3.05, 3.63) is 51.2 Å². The Morgan fingerprint density at radius 3 is 2.41 bits per heavy atom. The van der Waals surface area contributed by atoms with Crippen molar-refractivity contribution >= 4 is 28.9 Å². The van der Waals surface area contributed by atoms with Gasteiger partial charge in [0.15, 0.2) is 6.61 Å². The van der Waals surface area contributed by atoms with Crippen LogP contribution in [-0.4, -0.2) is 18.5 Å². The van der Waals surface area contributed by atoms with Gasteiger partial charge in [0.1, 0.15) is 0 Å². The number of anilines is 1. The zero-order chi connectivity index (χ0) is 16.1. The van der Waals surface area contributed by atoms with Crippen molar-refractivity contribution in [1.29, 1.82) is 0 Å². The van der Waals surface area contributed by atoms with Crippen LogP contribution in [0.2, 0.25) is 0 Å². The molecule has 0 bridgehead atoms. The van der Waals surface area contributed by atoms with Gasteiger partial charge in [-0.25, -0.2) is 4.79 Å². The van der Waals surface area contributed by atoms with E-state index in [1.807, 2.05) is 38.1 Å². The molecule has 1 aromatic heterocycles. The Balaban J connectivity index is 1.87. The molecule has 22 heavy (non-hydrogen) atoms. The molecule has 0 fully saturated rings. The predicted molar refractivity (Wildman–Crippen MR) is 88.5 cm³/mol. The van der Waals surface area contributed by atoms with Gasteiger partial charge in [-0.1, -0.05) is 19.1 Å². The van der Waals surface area contributed by atoms with Crippen molar-refractivity contribution < 1.29 is 14.3 Å². The van der Waals surface area contributed by atoms with Crippen molar-refractivity contribution in [2.75, 3.05) is 11.9 Å². The summed E-state index contributed by atoms with van der Waals surface area (Å²) in [7, 11) is 0. The van der Waals surface area contributed by atoms with Gasteiger partial charge in [0.05, 0.1) is 5.56 Å². The third-order valence-corrected chi connectivity index (χ3v) is 4.21. The van der Waals surface area contributed by atoms with Crippen molar-refractivity contribution in [2.24, 2.45) is 0 Å². The molecule has 1 amide bonds. The lowest BCUT2D eigenvalue weighted by molar-refractivity contribution is -0.119. The molecule has 1 N–H and O–H groups in total. The number of hydrogen-bond acceptors (Lipinski definition) is 4. The maximum atomic E-state index is 11.9. The summed E-state index contributed by atoms with van der Waals surface area (Å²) >= 11 is 1.54. The van der Waals surface area contributed by atoms with Gasteiger partial charge >= 0.3 is 5.97 Å². The molecule has 4 nitrogen and oxygen atoms in total. The van der Waals surface area contributed by atoms with Gasteiger partial charge in [-0.2, -0.15) is 0 Å². The van der Waals surface area contributed by atoms with E-state index in [0.29, 0.717) is 11.3 Å². The van der Waals surface area contributed by atoms with Crippen LogP contribution in [0, 0.1) is 13.8 Å². The molecule has 1 aromatic carbocycles. The largest absolute Gasteiger partial charge is 0.452 e. The SMILES string of the molecule is CCc1ccc(NC(=O)COC(=O)c2cc(C)sc2C)cc1. The molecule has 0 saturated heterocycles. The highest BCUT2D eigenvalue weighted by atomic mass is 32.1. The summed E-state index contributed by atoms with van der Waals surface area (Å²) in [6.07, 6.45) is 0.950. The Bertz CT molecular complexity index is 674. The van der Waals surface area contributed by atoms with Gasteiger partial charge in [-0.15, -0.1) is 11.3 Å². The lowest BCUT2D eigenvalue weighted by Gasteiger charge is -2.07. The summed E-state index contributed by atoms with van der Waals surface area (Å²) in [5.41, 5.74) is 2.43. The molecule has 0 aliphatic carbocycles. The average molecular weight is 317 g/mol. The van der Waals surface area contributed by atoms with E-state index in [1.54, 1.807) is 6.07 Å². The van der Waals surface area contributed by atoms with E-state index >= 15 is 0 Å². The lowest BCUT2D eigenvalue weighted by Crippen LogP contribution is -2.21. The molecule has 116 valence electrons. The zero-order valence-corrected chi connectivity index (χ0v) is 13.8. The first kappa shape index (κ1) is 16.2. The van der Waals surface area contributed by atoms with Crippen LogP contribution in [-0.2, 0) is 16.0 Å². The molecule has 2 rings (SSSR count). The van der Waals surface area contributed by atoms with E-state index in [9.17, 15) is 9.59 Å². The van der Waals surface area contributed by atoms with E-state index < -0.39 is 5.97 Å². The van der Waals surface area contributed by atoms with Crippen molar-refractivity contribution in [1.82, 2.24) is 0 Å². The van der Waals surface area contributed by atoms with Crippen LogP contribution in [0.15, 0.2) is 30.3 Å². The number of nitrogens with one attached hydrogen (secondary N) is 1. The first-order valence-corrected chi connectivity index (χ1v) is 7.94. The number of esters is 1. The van der Waals surface area contributed by atoms with Gasteiger partial charge in [0.2, 0.25) is 0 Å². The minimum absolute atomic E-state index is 0.289. The highest BCUT2D eigenvalue weighted by Crippen LogP contribution is 2.21. The van der Waals surface area contributed by atoms with Crippen LogP contribution in [0.3, 0.4) is 0 Å². The molecule has 0 unspecified atom stereocenters. The Hall–Kier alpha value is -2.14. The van der Waals surface area contributed by atoms with Crippen LogP contribution in [0.25, 0.3) is 0 Å². The summed E-state index contributed by atoms with van der Waals surface area (Å²) in [4.78, 5) is 25.7. The van der Waals surface area contributed by atoms with Crippen molar-refractivity contribution in [2.45, 2.75) is 27.2 Å². The van der Waals surface area contributed by atoms with Gasteiger partial charge in [0, 0.05) is 15.4 Å². The van der Waals surface area contributed by atoms with E-state index in [2.05, 4.69) is 12.2 Å². The molecule has 0 aliphatic rings. The van der Waals surface area contributed by atoms with Crippen LogP contribution >= 0.6 is 11.3 Å². The molecule has 0 aliphatic heterocycles. The number of aryl methyl sites for hydroxylation is 3. The van der Waals surface area contributed by atoms with E-state index in [0.717, 1.165) is 16.2 Å². The first-order valence-electron chi connectivity index (χ1n) is 7.12. The van der Waals surface area contributed by atoms with Gasteiger partial charge in [-0.3, -0.25) is 4.79 Å². The summed E-state index contributed by atoms with van der Waals surface area (Å²) in [5, 5.41) is 2.71. The summed E-state index contributed by atoms with van der Waals surface area (Å²) in [6, 6.07) is 9.37. The van der Waals surface area contributed by atoms with Crippen LogP contribution < -0.4 is 5.32 Å². The topological polar surface area (TPSA) is 55.4 Å². The van der Waals surface area contributed by atoms with Crippen molar-refractivity contribution in [3.63, 3.8) is 0 Å². The predicted octanol–water partition coefficient (Wildman–Crippen LogP) is 3.72. The van der Waals surface area contributed by atoms with E-state index in [1.165, 1.54) is 16.9 Å². The fraction of sp³-hybridized carbons (Fsp3) is 0.294. The van der Waals surface area contributed by atoms with Crippen molar-refractivity contribution in [3.8, 4) is 0 Å². The molecule has 5 heteroatoms. The third-order valence-electron chi connectivity index (χ3n) is 3.24. The fourth-order valence-corrected chi connectivity index (χ4v) is 2.98. The van der Waals surface area contributed by atoms with E-state index in [4.69, 9.17) is 4.74 Å². The smallest absolute Gasteiger partial charge is 0.339 e. The molecule has 0 radical (unpaired) electrons. The number of thiophene rings is 1. The van der Waals surface area contributed by atoms with Gasteiger partial charge < -0.3 is 10.1 Å². The maximum Gasteiger partial charge on any atom is 0.339 e. The minimum Gasteiger partial charge on any atom is -0.452 e. The number of ether oxygens (including phenoxy) is 1. The van der Waals surface area contributed by atoms with Gasteiger partial charge in [-0.05, 0) is 44.0 Å². The average Bonchev–Trinajstić information content (AvgIpc) is 2.84. The molecular weight excluding hydrogens is 298 g/mol. The quantitative estimate of drug-likeness (QED) is 0.855. The molecule has 2 aromatic rings. The second-order valence-electron chi connectivity index (χ2n) is 5.00. The third kappa shape index (κ3) is 4.18. The first-order chi connectivity index (χ1) is 10.5. The molecule has 0 atom stereocenters. The zero-order valence-electron chi connectivity index (χ0n) is 12.9. The number of amides is 1. The van der Waals surface area contributed by atoms with Crippen LogP contribution in [0.5, 0.6) is 0 Å². The summed E-state index contributed by atoms with van der Waals surface area (Å²) in [5.74, 6) is -0.805. The minimum atomic E-state index is -0.460. The fourth-order valence-electron chi connectivity index (χ4n) is 2.06. The monoisotopic (exact) mass is 317 g/mol. The lowest BCUT2D eigenvalue weighted by atomic mass is 10.1. The Morgan fingerprint density at radius 1 is 1.18 bits per heavy atom. The summed E-state index contributed by atoms with van der Waals surface area (Å²) in [6.45, 7) is 5.58. The van der Waals surface area contributed by atoms with Crippen LogP contribution in [0.1, 0.15) is 32.6 Å². The molecule has 0 spiro atoms. The standard InChI is InChI=1S/C17H19NO3S/c1-4-13-5-7-14(8-6-13)18-16(19)10-21-17(20)15-9-11(2)22-12(15)3/h5-9H,4,10H2,1-3H3,(H,18,19). The summed E-state index contributed by atoms with van der Waals surface area (Å²) < 4.78 is 5.06. The number of carbonyl (C=O) groups is 2. The highest BCUT2D eigenvalue weighted by molar-refractivity contribution is 7.12. The van der Waals surface area contributed by atoms with Gasteiger partial charge in [0.25, 0.3) is 5.91 Å². The highest BCUT2D eigenvalue weighted by Gasteiger charge is 2.15. The normalized spacial score (nSPS) is 10.3. The molecular formula is C17H19NO3S. The number of carbonyl (C=O) groups excluding carboxylic acids is 2. The molecule has 1 heterocycles. The number of hydrogen-bond donors (Lipinski definition) is 1. The maximum absolute atomic E-state index is 11.9. The Kier molecular flexibility index (Phi) is 5.33. The second-order valence-corrected chi connectivity index (χ2v) is 6.46.